The zero-order chi connectivity index (χ0) is 111. The summed E-state index contributed by atoms with van der Waals surface area (Å²) in [6.07, 6.45) is 26.2. The molecule has 6 heteroatoms. The van der Waals surface area contributed by atoms with E-state index in [0.29, 0.717) is 60.6 Å². The van der Waals surface area contributed by atoms with E-state index in [1.165, 1.54) is 66.8 Å². The Morgan fingerprint density at radius 3 is 0.599 bits per heavy atom. The topological polar surface area (TPSA) is 55.4 Å². The van der Waals surface area contributed by atoms with Crippen LogP contribution in [0.15, 0.2) is 413 Å². The second kappa shape index (κ2) is 110. The van der Waals surface area contributed by atoms with Crippen molar-refractivity contribution >= 4 is 0 Å². The molecule has 0 amide bonds. The van der Waals surface area contributed by atoms with Gasteiger partial charge in [-0.25, -0.2) is 0 Å². The molecule has 0 saturated heterocycles. The molecule has 12 unspecified atom stereocenters. The van der Waals surface area contributed by atoms with E-state index in [1.54, 1.807) is 18.8 Å². The Morgan fingerprint density at radius 2 is 0.367 bits per heavy atom. The Labute approximate surface area is 904 Å². The molecule has 12 aromatic carbocycles. The lowest BCUT2D eigenvalue weighted by molar-refractivity contribution is 0.113. The van der Waals surface area contributed by atoms with Crippen LogP contribution in [-0.4, -0.2) is 26.4 Å². The average Bonchev–Trinajstić information content (AvgIpc) is 0.879. The summed E-state index contributed by atoms with van der Waals surface area (Å²) in [5.74, 6) is 16.0. The van der Waals surface area contributed by atoms with Gasteiger partial charge in [0.1, 0.15) is 37.3 Å². The fraction of sp³-hybridized carbons (Fsp3) is 0.376. The lowest BCUT2D eigenvalue weighted by Crippen LogP contribution is -2.09. The average molecular weight is 1990 g/mol. The minimum atomic E-state index is 0. The van der Waals surface area contributed by atoms with Gasteiger partial charge in [-0.3, -0.25) is 0 Å². The van der Waals surface area contributed by atoms with Gasteiger partial charge in [-0.2, -0.15) is 0 Å². The van der Waals surface area contributed by atoms with Crippen LogP contribution in [0.2, 0.25) is 0 Å². The third kappa shape index (κ3) is 74.4. The second-order valence-corrected chi connectivity index (χ2v) is 30.4. The number of hydrogen-bond acceptors (Lipinski definition) is 6. The van der Waals surface area contributed by atoms with E-state index in [1.807, 2.05) is 314 Å². The maximum absolute atomic E-state index is 5.87. The first-order valence-electron chi connectivity index (χ1n) is 54.7. The van der Waals surface area contributed by atoms with E-state index in [2.05, 4.69) is 378 Å². The summed E-state index contributed by atoms with van der Waals surface area (Å²) in [5, 5.41) is 0. The Morgan fingerprint density at radius 1 is 0.190 bits per heavy atom. The molecule has 0 spiro atoms. The Kier molecular flexibility index (Phi) is 110. The predicted molar refractivity (Wildman–Crippen MR) is 655 cm³/mol. The lowest BCUT2D eigenvalue weighted by atomic mass is 10.0. The maximum Gasteiger partial charge on any atom is 0.130 e. The van der Waals surface area contributed by atoms with Gasteiger partial charge in [0.25, 0.3) is 0 Å². The number of allylic oxidation sites excluding steroid dienone is 4. The molecular formula is C141H200O6. The van der Waals surface area contributed by atoms with Gasteiger partial charge in [0.15, 0.2) is 0 Å². The van der Waals surface area contributed by atoms with Crippen molar-refractivity contribution in [2.75, 3.05) is 26.4 Å². The smallest absolute Gasteiger partial charge is 0.130 e. The van der Waals surface area contributed by atoms with Gasteiger partial charge in [0.2, 0.25) is 0 Å². The largest absolute Gasteiger partial charge is 0.501 e. The molecule has 0 N–H and O–H groups in total. The zero-order valence-corrected chi connectivity index (χ0v) is 97.5. The summed E-state index contributed by atoms with van der Waals surface area (Å²) < 4.78 is 32.8. The summed E-state index contributed by atoms with van der Waals surface area (Å²) >= 11 is 0. The van der Waals surface area contributed by atoms with Gasteiger partial charge in [0.05, 0.1) is 38.6 Å². The van der Waals surface area contributed by atoms with Gasteiger partial charge >= 0.3 is 0 Å². The summed E-state index contributed by atoms with van der Waals surface area (Å²) in [5.41, 5.74) is 15.2. The van der Waals surface area contributed by atoms with Crippen LogP contribution in [0, 0.1) is 48.1 Å². The Bertz CT molecular complexity index is 4920. The summed E-state index contributed by atoms with van der Waals surface area (Å²) in [4.78, 5) is 0. The summed E-state index contributed by atoms with van der Waals surface area (Å²) in [6.45, 7) is 76.5. The molecular weight excluding hydrogens is 1790 g/mol. The van der Waals surface area contributed by atoms with Gasteiger partial charge in [-0.15, -0.1) is 0 Å². The fourth-order valence-electron chi connectivity index (χ4n) is 12.3. The van der Waals surface area contributed by atoms with Gasteiger partial charge in [-0.1, -0.05) is 617 Å². The highest BCUT2D eigenvalue weighted by Crippen LogP contribution is 2.25. The van der Waals surface area contributed by atoms with Gasteiger partial charge in [0, 0.05) is 71.0 Å². The number of hydrogen-bond donors (Lipinski definition) is 0. The van der Waals surface area contributed by atoms with E-state index in [4.69, 9.17) is 28.4 Å². The van der Waals surface area contributed by atoms with Crippen LogP contribution in [0.5, 0.6) is 0 Å². The van der Waals surface area contributed by atoms with Crippen molar-refractivity contribution in [1.29, 1.82) is 0 Å². The first-order valence-corrected chi connectivity index (χ1v) is 54.7. The first kappa shape index (κ1) is 147. The molecule has 147 heavy (non-hydrogen) atoms. The predicted octanol–water partition coefficient (Wildman–Crippen LogP) is 42.5. The second-order valence-electron chi connectivity index (χ2n) is 30.4. The normalized spacial score (nSPS) is 11.6. The molecule has 6 nitrogen and oxygen atoms in total. The van der Waals surface area contributed by atoms with Crippen molar-refractivity contribution in [3.8, 4) is 48.1 Å². The van der Waals surface area contributed by atoms with Crippen LogP contribution in [0.3, 0.4) is 0 Å². The lowest BCUT2D eigenvalue weighted by Gasteiger charge is -2.16. The van der Waals surface area contributed by atoms with E-state index in [-0.39, 0.29) is 31.1 Å². The molecule has 12 atom stereocenters. The third-order valence-corrected chi connectivity index (χ3v) is 20.5. The monoisotopic (exact) mass is 1990 g/mol. The highest BCUT2D eigenvalue weighted by molar-refractivity contribution is 5.33. The maximum atomic E-state index is 5.87. The molecule has 0 aromatic heterocycles. The molecule has 0 heterocycles. The van der Waals surface area contributed by atoms with Crippen LogP contribution in [0.4, 0.5) is 0 Å². The molecule has 0 saturated carbocycles. The van der Waals surface area contributed by atoms with Crippen LogP contribution >= 0.6 is 0 Å². The van der Waals surface area contributed by atoms with Crippen molar-refractivity contribution in [3.05, 3.63) is 480 Å². The third-order valence-electron chi connectivity index (χ3n) is 20.5. The van der Waals surface area contributed by atoms with Gasteiger partial charge < -0.3 is 28.4 Å². The van der Waals surface area contributed by atoms with Gasteiger partial charge in [-0.05, 0) is 119 Å². The van der Waals surface area contributed by atoms with E-state index >= 15 is 0 Å². The van der Waals surface area contributed by atoms with Crippen molar-refractivity contribution in [2.45, 2.75) is 328 Å². The highest BCUT2D eigenvalue weighted by atomic mass is 16.5. The minimum Gasteiger partial charge on any atom is -0.501 e. The number of benzene rings is 12. The van der Waals surface area contributed by atoms with Crippen LogP contribution in [-0.2, 0) is 28.4 Å². The van der Waals surface area contributed by atoms with Crippen molar-refractivity contribution in [2.24, 2.45) is 0 Å². The molecule has 0 fully saturated rings. The van der Waals surface area contributed by atoms with Crippen LogP contribution < -0.4 is 0 Å². The van der Waals surface area contributed by atoms with Crippen molar-refractivity contribution < 1.29 is 28.4 Å². The number of rotatable bonds is 28. The Hall–Kier alpha value is -13.2. The molecule has 12 rings (SSSR count). The first-order chi connectivity index (χ1) is 71.6. The molecule has 0 aliphatic heterocycles. The standard InChI is InChI=1S/C20H22O.C20H20O.C20H18O.C19H22O.C19H20O.C18H22O.12C2H6.CH4/c3*1-17(19-9-5-3-6-10-19)13-15-21-16-14-18(2)20-11-7-4-8-12-20;2*1-16(18-9-5-3-6-10-18)13-14-20-15-17(2)19-11-7-4-8-12-19;1-15(17-9-5-3-6-10-17)13-19-14-16(2)18-11-7-4-8-12-18;12*1-2;/h3-18H,1-2H3;3-13,15,17-18H,1-2H3;3-12,17-18H,1-2H3;3-14,16-17H,15H2,1-2H3;3-12,16-17H,15H2,1-2H3;3-12,15-16H,13-14H2,1-2H3;12*1-2H3;1H4/b15-13+,16-14+;15-13+;;14-13+;;;;;;;;;;;;;;;. The fourth-order valence-corrected chi connectivity index (χ4v) is 12.3. The number of ether oxygens (including phenoxy) is 6. The summed E-state index contributed by atoms with van der Waals surface area (Å²) in [6, 6.07) is 124. The van der Waals surface area contributed by atoms with Crippen molar-refractivity contribution in [1.82, 2.24) is 0 Å². The van der Waals surface area contributed by atoms with E-state index in [0.717, 1.165) is 13.2 Å². The van der Waals surface area contributed by atoms with Crippen molar-refractivity contribution in [3.63, 3.8) is 0 Å². The minimum absolute atomic E-state index is 0. The summed E-state index contributed by atoms with van der Waals surface area (Å²) in [7, 11) is 0. The Balaban J connectivity index is -0.000000306. The SMILES string of the molecule is C.CC.CC.CC.CC.CC.CC.CC.CC.CC.CC.CC.CC.CC(/C=C/O/C=C/C(C)c1ccccc1)c1ccccc1.CC(/C=C/OCC(C)c1ccccc1)c1ccccc1.CC(C#CO/C=C/C(C)c1ccccc1)c1ccccc1.CC(C#COC#CC(C)c1ccccc1)c1ccccc1.CC(C#COCC(C)c1ccccc1)c1ccccc1.CC(COCC(C)c1ccccc1)c1ccccc1. The zero-order valence-electron chi connectivity index (χ0n) is 97.5. The molecule has 0 aliphatic carbocycles. The van der Waals surface area contributed by atoms with E-state index in [9.17, 15) is 0 Å². The molecule has 12 aromatic rings. The van der Waals surface area contributed by atoms with Crippen LogP contribution in [0.1, 0.15) is 394 Å². The molecule has 0 aliphatic rings. The molecule has 0 bridgehead atoms. The highest BCUT2D eigenvalue weighted by Gasteiger charge is 2.12. The molecule has 0 radical (unpaired) electrons. The van der Waals surface area contributed by atoms with E-state index < -0.39 is 0 Å². The quantitative estimate of drug-likeness (QED) is 0.0360. The molecule has 800 valence electrons. The van der Waals surface area contributed by atoms with Crippen LogP contribution in [0.25, 0.3) is 0 Å².